The predicted octanol–water partition coefficient (Wildman–Crippen LogP) is 5.96. The van der Waals surface area contributed by atoms with E-state index in [2.05, 4.69) is 0 Å². The Balaban J connectivity index is 3.25. The molecule has 0 N–H and O–H groups in total. The number of hydrogen-bond acceptors (Lipinski definition) is 10. The monoisotopic (exact) mass is 586 g/mol. The lowest BCUT2D eigenvalue weighted by molar-refractivity contribution is -0.303. The van der Waals surface area contributed by atoms with Gasteiger partial charge in [-0.2, -0.15) is 0 Å². The summed E-state index contributed by atoms with van der Waals surface area (Å²) in [4.78, 5) is 50.9. The highest BCUT2D eigenvalue weighted by Crippen LogP contribution is 2.31. The van der Waals surface area contributed by atoms with Crippen LogP contribution in [0, 0.1) is 0 Å². The molecule has 1 fully saturated rings. The number of carbonyl (C=O) groups is 4. The van der Waals surface area contributed by atoms with E-state index in [1.807, 2.05) is 27.7 Å². The molecule has 41 heavy (non-hydrogen) atoms. The second kappa shape index (κ2) is 22.4. The zero-order chi connectivity index (χ0) is 30.5. The van der Waals surface area contributed by atoms with Crippen molar-refractivity contribution in [2.24, 2.45) is 0 Å². The van der Waals surface area contributed by atoms with Gasteiger partial charge in [-0.15, -0.1) is 0 Å². The van der Waals surface area contributed by atoms with Crippen LogP contribution in [0.1, 0.15) is 130 Å². The molecule has 0 saturated carbocycles. The average molecular weight is 587 g/mol. The number of ether oxygens (including phenoxy) is 6. The Kier molecular flexibility index (Phi) is 20.1. The third-order valence-corrected chi connectivity index (χ3v) is 6.97. The normalized spacial score (nSPS) is 22.1. The van der Waals surface area contributed by atoms with Gasteiger partial charge in [0.25, 0.3) is 0 Å². The molecule has 1 saturated heterocycles. The van der Waals surface area contributed by atoms with Crippen LogP contribution in [-0.2, 0) is 47.6 Å². The molecule has 238 valence electrons. The van der Waals surface area contributed by atoms with Gasteiger partial charge in [-0.05, 0) is 25.7 Å². The molecule has 5 atom stereocenters. The Labute approximate surface area is 246 Å². The number of methoxy groups -OCH3 is 1. The van der Waals surface area contributed by atoms with Gasteiger partial charge in [0.05, 0.1) is 0 Å². The van der Waals surface area contributed by atoms with Crippen LogP contribution >= 0.6 is 0 Å². The summed E-state index contributed by atoms with van der Waals surface area (Å²) in [5.41, 5.74) is 0. The molecule has 0 aromatic carbocycles. The summed E-state index contributed by atoms with van der Waals surface area (Å²) in [6.45, 7) is 7.90. The van der Waals surface area contributed by atoms with E-state index in [0.717, 1.165) is 51.4 Å². The van der Waals surface area contributed by atoms with E-state index in [4.69, 9.17) is 28.4 Å². The summed E-state index contributed by atoms with van der Waals surface area (Å²) in [6.07, 6.45) is 4.96. The Hall–Kier alpha value is -2.20. The van der Waals surface area contributed by atoms with E-state index >= 15 is 0 Å². The van der Waals surface area contributed by atoms with E-state index in [9.17, 15) is 19.2 Å². The molecule has 0 radical (unpaired) electrons. The van der Waals surface area contributed by atoms with Crippen LogP contribution in [0.25, 0.3) is 0 Å². The van der Waals surface area contributed by atoms with Gasteiger partial charge >= 0.3 is 23.9 Å². The number of esters is 4. The van der Waals surface area contributed by atoms with Crippen LogP contribution in [0.4, 0.5) is 0 Å². The molecule has 0 aromatic rings. The first kappa shape index (κ1) is 36.8. The van der Waals surface area contributed by atoms with Crippen molar-refractivity contribution in [2.45, 2.75) is 161 Å². The lowest BCUT2D eigenvalue weighted by Crippen LogP contribution is -2.63. The molecule has 1 aliphatic rings. The average Bonchev–Trinajstić information content (AvgIpc) is 2.94. The molecule has 0 spiro atoms. The van der Waals surface area contributed by atoms with Gasteiger partial charge in [0.1, 0.15) is 12.7 Å². The van der Waals surface area contributed by atoms with Crippen molar-refractivity contribution in [3.8, 4) is 0 Å². The van der Waals surface area contributed by atoms with Crippen LogP contribution in [0.2, 0.25) is 0 Å². The third kappa shape index (κ3) is 15.0. The minimum Gasteiger partial charge on any atom is -0.463 e. The summed E-state index contributed by atoms with van der Waals surface area (Å²) >= 11 is 0. The molecular formula is C31H54O10. The first-order valence-corrected chi connectivity index (χ1v) is 15.7. The van der Waals surface area contributed by atoms with Gasteiger partial charge in [-0.25, -0.2) is 0 Å². The van der Waals surface area contributed by atoms with Crippen molar-refractivity contribution in [3.05, 3.63) is 0 Å². The standard InChI is InChI=1S/C31H54O10/c1-6-10-14-18-24(32)37-22-23-28(39-25(33)19-15-11-7-2)29(40-26(34)20-16-12-8-3)30(31(36-5)38-23)41-27(35)21-17-13-9-4/h23,28-31H,6-22H2,1-5H3. The van der Waals surface area contributed by atoms with Gasteiger partial charge in [-0.1, -0.05) is 79.1 Å². The van der Waals surface area contributed by atoms with Crippen molar-refractivity contribution in [1.29, 1.82) is 0 Å². The lowest BCUT2D eigenvalue weighted by atomic mass is 9.97. The predicted molar refractivity (Wildman–Crippen MR) is 153 cm³/mol. The minimum absolute atomic E-state index is 0.161. The van der Waals surface area contributed by atoms with Gasteiger partial charge in [0.2, 0.25) is 0 Å². The van der Waals surface area contributed by atoms with Crippen LogP contribution in [0.3, 0.4) is 0 Å². The Morgan fingerprint density at radius 2 is 0.927 bits per heavy atom. The van der Waals surface area contributed by atoms with E-state index in [1.165, 1.54) is 7.11 Å². The second-order valence-electron chi connectivity index (χ2n) is 10.7. The number of hydrogen-bond donors (Lipinski definition) is 0. The van der Waals surface area contributed by atoms with Crippen molar-refractivity contribution in [3.63, 3.8) is 0 Å². The fourth-order valence-corrected chi connectivity index (χ4v) is 4.56. The summed E-state index contributed by atoms with van der Waals surface area (Å²) in [7, 11) is 1.38. The smallest absolute Gasteiger partial charge is 0.306 e. The van der Waals surface area contributed by atoms with Crippen molar-refractivity contribution in [1.82, 2.24) is 0 Å². The Bertz CT molecular complexity index is 755. The summed E-state index contributed by atoms with van der Waals surface area (Å²) in [5, 5.41) is 0. The third-order valence-electron chi connectivity index (χ3n) is 6.97. The Morgan fingerprint density at radius 1 is 0.537 bits per heavy atom. The lowest BCUT2D eigenvalue weighted by Gasteiger charge is -2.44. The maximum atomic E-state index is 12.9. The van der Waals surface area contributed by atoms with E-state index < -0.39 is 54.6 Å². The molecule has 1 heterocycles. The molecule has 10 nitrogen and oxygen atoms in total. The topological polar surface area (TPSA) is 124 Å². The zero-order valence-corrected chi connectivity index (χ0v) is 26.0. The van der Waals surface area contributed by atoms with Crippen molar-refractivity contribution >= 4 is 23.9 Å². The van der Waals surface area contributed by atoms with Crippen molar-refractivity contribution < 1.29 is 47.6 Å². The first-order chi connectivity index (χ1) is 19.8. The number of unbranched alkanes of at least 4 members (excludes halogenated alkanes) is 8. The largest absolute Gasteiger partial charge is 0.463 e. The van der Waals surface area contributed by atoms with E-state index in [1.54, 1.807) is 0 Å². The van der Waals surface area contributed by atoms with E-state index in [0.29, 0.717) is 25.7 Å². The quantitative estimate of drug-likeness (QED) is 0.0853. The first-order valence-electron chi connectivity index (χ1n) is 15.7. The second-order valence-corrected chi connectivity index (χ2v) is 10.7. The molecule has 5 unspecified atom stereocenters. The molecule has 0 aromatic heterocycles. The maximum absolute atomic E-state index is 12.9. The maximum Gasteiger partial charge on any atom is 0.306 e. The highest BCUT2D eigenvalue weighted by molar-refractivity contribution is 5.72. The Morgan fingerprint density at radius 3 is 1.34 bits per heavy atom. The van der Waals surface area contributed by atoms with Gasteiger partial charge in [0, 0.05) is 32.8 Å². The van der Waals surface area contributed by atoms with Crippen LogP contribution < -0.4 is 0 Å². The van der Waals surface area contributed by atoms with Gasteiger partial charge in [-0.3, -0.25) is 19.2 Å². The molecule has 10 heteroatoms. The molecule has 1 aliphatic heterocycles. The number of rotatable bonds is 22. The number of carbonyl (C=O) groups excluding carboxylic acids is 4. The van der Waals surface area contributed by atoms with Crippen LogP contribution in [0.5, 0.6) is 0 Å². The van der Waals surface area contributed by atoms with E-state index in [-0.39, 0.29) is 32.3 Å². The summed E-state index contributed by atoms with van der Waals surface area (Å²) in [5.74, 6) is -1.89. The zero-order valence-electron chi connectivity index (χ0n) is 26.0. The molecule has 0 bridgehead atoms. The fraction of sp³-hybridized carbons (Fsp3) is 0.871. The van der Waals surface area contributed by atoms with Crippen LogP contribution in [-0.4, -0.2) is 68.3 Å². The fourth-order valence-electron chi connectivity index (χ4n) is 4.56. The SMILES string of the molecule is CCCCCC(=O)OCC1OC(OC)C(OC(=O)CCCCC)C(OC(=O)CCCCC)C1OC(=O)CCCCC. The van der Waals surface area contributed by atoms with Gasteiger partial charge < -0.3 is 28.4 Å². The summed E-state index contributed by atoms with van der Waals surface area (Å²) in [6, 6.07) is 0. The molecule has 1 rings (SSSR count). The molecule has 0 aliphatic carbocycles. The molecule has 0 amide bonds. The summed E-state index contributed by atoms with van der Waals surface area (Å²) < 4.78 is 34.5. The van der Waals surface area contributed by atoms with Gasteiger partial charge in [0.15, 0.2) is 24.6 Å². The van der Waals surface area contributed by atoms with Crippen LogP contribution in [0.15, 0.2) is 0 Å². The molecular weight excluding hydrogens is 532 g/mol. The van der Waals surface area contributed by atoms with Crippen molar-refractivity contribution in [2.75, 3.05) is 13.7 Å². The highest BCUT2D eigenvalue weighted by atomic mass is 16.7. The minimum atomic E-state index is -1.20. The highest BCUT2D eigenvalue weighted by Gasteiger charge is 2.53.